The number of methoxy groups -OCH3 is 1. The summed E-state index contributed by atoms with van der Waals surface area (Å²) in [5.74, 6) is 0. The van der Waals surface area contributed by atoms with Crippen LogP contribution < -0.4 is 0 Å². The molecular weight excluding hydrogens is 267 g/mol. The summed E-state index contributed by atoms with van der Waals surface area (Å²) in [4.78, 5) is 0. The van der Waals surface area contributed by atoms with Crippen molar-refractivity contribution in [3.63, 3.8) is 0 Å². The van der Waals surface area contributed by atoms with E-state index < -0.39 is 7.60 Å². The van der Waals surface area contributed by atoms with Gasteiger partial charge < -0.3 is 18.9 Å². The van der Waals surface area contributed by atoms with Crippen LogP contribution in [0.4, 0.5) is 0 Å². The number of rotatable bonds is 11. The van der Waals surface area contributed by atoms with Crippen LogP contribution in [0.2, 0.25) is 0 Å². The summed E-state index contributed by atoms with van der Waals surface area (Å²) in [6.07, 6.45) is 7.83. The highest BCUT2D eigenvalue weighted by Gasteiger charge is 2.20. The molecule has 0 radical (unpaired) electrons. The van der Waals surface area contributed by atoms with Gasteiger partial charge in [-0.1, -0.05) is 24.3 Å². The van der Waals surface area contributed by atoms with Crippen LogP contribution in [0.5, 0.6) is 0 Å². The minimum atomic E-state index is -2.99. The molecule has 0 aromatic carbocycles. The summed E-state index contributed by atoms with van der Waals surface area (Å²) in [6.45, 7) is 4.38. The van der Waals surface area contributed by atoms with Gasteiger partial charge in [0.2, 0.25) is 0 Å². The molecule has 6 heteroatoms. The topological polar surface area (TPSA) is 65.0 Å². The smallest absolute Gasteiger partial charge is 0.334 e. The van der Waals surface area contributed by atoms with Gasteiger partial charge in [-0.2, -0.15) is 0 Å². The fourth-order valence-electron chi connectivity index (χ4n) is 1.41. The van der Waals surface area contributed by atoms with Gasteiger partial charge in [-0.3, -0.25) is 4.57 Å². The summed E-state index contributed by atoms with van der Waals surface area (Å²) >= 11 is 0. The second kappa shape index (κ2) is 11.4. The van der Waals surface area contributed by atoms with E-state index in [1.807, 2.05) is 6.08 Å². The predicted octanol–water partition coefficient (Wildman–Crippen LogP) is 2.76. The molecule has 0 aromatic rings. The molecule has 0 aliphatic heterocycles. The van der Waals surface area contributed by atoms with Crippen LogP contribution in [-0.4, -0.2) is 44.3 Å². The summed E-state index contributed by atoms with van der Waals surface area (Å²) in [5.41, 5.74) is 0. The average Bonchev–Trinajstić information content (AvgIpc) is 2.37. The normalized spacial score (nSPS) is 14.5. The van der Waals surface area contributed by atoms with Crippen molar-refractivity contribution in [1.82, 2.24) is 0 Å². The van der Waals surface area contributed by atoms with E-state index in [1.165, 1.54) is 0 Å². The van der Waals surface area contributed by atoms with Crippen molar-refractivity contribution in [3.8, 4) is 0 Å². The molecule has 5 nitrogen and oxygen atoms in total. The zero-order valence-corrected chi connectivity index (χ0v) is 12.8. The summed E-state index contributed by atoms with van der Waals surface area (Å²) in [7, 11) is -1.40. The van der Waals surface area contributed by atoms with Gasteiger partial charge >= 0.3 is 7.60 Å². The molecule has 0 spiro atoms. The van der Waals surface area contributed by atoms with Gasteiger partial charge in [0, 0.05) is 20.1 Å². The van der Waals surface area contributed by atoms with Gasteiger partial charge in [-0.15, -0.1) is 0 Å². The molecule has 1 atom stereocenters. The first-order valence-electron chi connectivity index (χ1n) is 6.47. The standard InChI is InChI=1S/C13H25O5P/c1-4-17-19(15,18-5-2)12-8-6-7-9-13(16-3)10-11-14/h6-9,13-14H,4-5,10-12H2,1-3H3/b8-6+,9-7+/t13-/m0/s1. The van der Waals surface area contributed by atoms with E-state index >= 15 is 0 Å². The average molecular weight is 292 g/mol. The van der Waals surface area contributed by atoms with Crippen molar-refractivity contribution >= 4 is 7.60 Å². The van der Waals surface area contributed by atoms with Gasteiger partial charge in [-0.05, 0) is 13.8 Å². The van der Waals surface area contributed by atoms with Crippen LogP contribution >= 0.6 is 7.60 Å². The van der Waals surface area contributed by atoms with Crippen LogP contribution in [-0.2, 0) is 18.3 Å². The molecule has 1 N–H and O–H groups in total. The molecule has 0 saturated heterocycles. The molecule has 0 saturated carbocycles. The fraction of sp³-hybridized carbons (Fsp3) is 0.692. The third-order valence-corrected chi connectivity index (χ3v) is 4.23. The Morgan fingerprint density at radius 1 is 1.21 bits per heavy atom. The Labute approximate surface area is 115 Å². The lowest BCUT2D eigenvalue weighted by atomic mass is 10.2. The zero-order valence-electron chi connectivity index (χ0n) is 11.9. The molecule has 0 amide bonds. The third kappa shape index (κ3) is 9.14. The van der Waals surface area contributed by atoms with E-state index in [2.05, 4.69) is 0 Å². The second-order valence-electron chi connectivity index (χ2n) is 3.73. The minimum absolute atomic E-state index is 0.0798. The minimum Gasteiger partial charge on any atom is -0.396 e. The molecular formula is C13H25O5P. The van der Waals surface area contributed by atoms with Crippen molar-refractivity contribution < 1.29 is 23.5 Å². The van der Waals surface area contributed by atoms with E-state index in [0.29, 0.717) is 19.6 Å². The molecule has 0 aliphatic rings. The van der Waals surface area contributed by atoms with Crippen molar-refractivity contribution in [2.45, 2.75) is 26.4 Å². The van der Waals surface area contributed by atoms with Crippen LogP contribution in [0.3, 0.4) is 0 Å². The van der Waals surface area contributed by atoms with E-state index in [9.17, 15) is 4.57 Å². The third-order valence-electron chi connectivity index (χ3n) is 2.27. The zero-order chi connectivity index (χ0) is 14.6. The van der Waals surface area contributed by atoms with Crippen molar-refractivity contribution in [2.24, 2.45) is 0 Å². The molecule has 19 heavy (non-hydrogen) atoms. The lowest BCUT2D eigenvalue weighted by Gasteiger charge is -2.14. The highest BCUT2D eigenvalue weighted by atomic mass is 31.2. The van der Waals surface area contributed by atoms with Gasteiger partial charge in [0.1, 0.15) is 0 Å². The monoisotopic (exact) mass is 292 g/mol. The Morgan fingerprint density at radius 3 is 2.32 bits per heavy atom. The van der Waals surface area contributed by atoms with E-state index in [0.717, 1.165) is 0 Å². The molecule has 0 heterocycles. The van der Waals surface area contributed by atoms with Crippen molar-refractivity contribution in [3.05, 3.63) is 24.3 Å². The van der Waals surface area contributed by atoms with Crippen LogP contribution in [0.15, 0.2) is 24.3 Å². The SMILES string of the molecule is CCOP(=O)(C/C=C/C=C/[C@@H](CCO)OC)OCC. The Kier molecular flexibility index (Phi) is 11.1. The Hall–Kier alpha value is -0.450. The Balaban J connectivity index is 4.24. The summed E-state index contributed by atoms with van der Waals surface area (Å²) in [5, 5.41) is 8.79. The molecule has 0 unspecified atom stereocenters. The first kappa shape index (κ1) is 18.6. The first-order chi connectivity index (χ1) is 9.11. The molecule has 0 rings (SSSR count). The van der Waals surface area contributed by atoms with Crippen LogP contribution in [0.25, 0.3) is 0 Å². The first-order valence-corrected chi connectivity index (χ1v) is 8.19. The highest BCUT2D eigenvalue weighted by Crippen LogP contribution is 2.47. The maximum absolute atomic E-state index is 12.1. The maximum Gasteiger partial charge on any atom is 0.334 e. The maximum atomic E-state index is 12.1. The highest BCUT2D eigenvalue weighted by molar-refractivity contribution is 7.54. The number of aliphatic hydroxyl groups excluding tert-OH is 1. The Morgan fingerprint density at radius 2 is 1.84 bits per heavy atom. The molecule has 0 bridgehead atoms. The van der Waals surface area contributed by atoms with Gasteiger partial charge in [0.05, 0.1) is 25.5 Å². The van der Waals surface area contributed by atoms with Crippen LogP contribution in [0.1, 0.15) is 20.3 Å². The molecule has 112 valence electrons. The van der Waals surface area contributed by atoms with E-state index in [-0.39, 0.29) is 18.9 Å². The number of ether oxygens (including phenoxy) is 1. The quantitative estimate of drug-likeness (QED) is 0.468. The number of aliphatic hydroxyl groups is 1. The molecule has 0 fully saturated rings. The van der Waals surface area contributed by atoms with Crippen LogP contribution in [0, 0.1) is 0 Å². The van der Waals surface area contributed by atoms with Gasteiger partial charge in [0.25, 0.3) is 0 Å². The predicted molar refractivity (Wildman–Crippen MR) is 76.5 cm³/mol. The number of hydrogen-bond donors (Lipinski definition) is 1. The van der Waals surface area contributed by atoms with E-state index in [1.54, 1.807) is 39.2 Å². The lowest BCUT2D eigenvalue weighted by Crippen LogP contribution is -2.08. The number of hydrogen-bond acceptors (Lipinski definition) is 5. The lowest BCUT2D eigenvalue weighted by molar-refractivity contribution is 0.112. The van der Waals surface area contributed by atoms with Gasteiger partial charge in [-0.25, -0.2) is 0 Å². The Bertz CT molecular complexity index is 304. The largest absolute Gasteiger partial charge is 0.396 e. The van der Waals surface area contributed by atoms with E-state index in [4.69, 9.17) is 18.9 Å². The second-order valence-corrected chi connectivity index (χ2v) is 5.83. The van der Waals surface area contributed by atoms with Crippen molar-refractivity contribution in [2.75, 3.05) is 33.1 Å². The van der Waals surface area contributed by atoms with Gasteiger partial charge in [0.15, 0.2) is 0 Å². The molecule has 0 aromatic heterocycles. The molecule has 0 aliphatic carbocycles. The van der Waals surface area contributed by atoms with Crippen molar-refractivity contribution in [1.29, 1.82) is 0 Å². The number of allylic oxidation sites excluding steroid dienone is 3. The fourth-order valence-corrected chi connectivity index (χ4v) is 2.86. The summed E-state index contributed by atoms with van der Waals surface area (Å²) < 4.78 is 27.5. The summed E-state index contributed by atoms with van der Waals surface area (Å²) in [6, 6.07) is 0.